The summed E-state index contributed by atoms with van der Waals surface area (Å²) in [5, 5.41) is 8.36. The van der Waals surface area contributed by atoms with Gasteiger partial charge in [0.2, 0.25) is 5.95 Å². The van der Waals surface area contributed by atoms with Crippen molar-refractivity contribution in [3.63, 3.8) is 0 Å². The van der Waals surface area contributed by atoms with Gasteiger partial charge in [-0.1, -0.05) is 40.2 Å². The van der Waals surface area contributed by atoms with Gasteiger partial charge in [-0.2, -0.15) is 4.98 Å². The van der Waals surface area contributed by atoms with Crippen LogP contribution in [0.25, 0.3) is 10.9 Å². The topological polar surface area (TPSA) is 53.1 Å². The van der Waals surface area contributed by atoms with Crippen LogP contribution in [0.2, 0.25) is 0 Å². The quantitative estimate of drug-likeness (QED) is 0.464. The van der Waals surface area contributed by atoms with E-state index in [0.717, 1.165) is 54.5 Å². The molecular formula is C25H32BrN5. The maximum absolute atomic E-state index is 4.80. The zero-order chi connectivity index (χ0) is 21.8. The smallest absolute Gasteiger partial charge is 0.225 e. The van der Waals surface area contributed by atoms with Gasteiger partial charge in [0.15, 0.2) is 0 Å². The molecule has 0 atom stereocenters. The molecule has 0 bridgehead atoms. The van der Waals surface area contributed by atoms with Crippen molar-refractivity contribution in [2.45, 2.75) is 45.2 Å². The molecule has 1 aromatic heterocycles. The van der Waals surface area contributed by atoms with E-state index in [9.17, 15) is 0 Å². The van der Waals surface area contributed by atoms with Gasteiger partial charge >= 0.3 is 0 Å². The van der Waals surface area contributed by atoms with E-state index in [-0.39, 0.29) is 0 Å². The van der Waals surface area contributed by atoms with Crippen molar-refractivity contribution < 1.29 is 0 Å². The normalized spacial score (nSPS) is 18.8. The molecule has 0 aliphatic heterocycles. The van der Waals surface area contributed by atoms with Gasteiger partial charge in [-0.3, -0.25) is 0 Å². The first-order chi connectivity index (χ1) is 15.0. The number of nitrogens with one attached hydrogen (secondary N) is 2. The van der Waals surface area contributed by atoms with E-state index in [1.54, 1.807) is 0 Å². The van der Waals surface area contributed by atoms with E-state index in [0.29, 0.717) is 6.04 Å². The second-order valence-corrected chi connectivity index (χ2v) is 9.71. The molecule has 4 rings (SSSR count). The maximum Gasteiger partial charge on any atom is 0.225 e. The summed E-state index contributed by atoms with van der Waals surface area (Å²) in [7, 11) is 4.07. The largest absolute Gasteiger partial charge is 0.362 e. The fourth-order valence-corrected chi connectivity index (χ4v) is 4.64. The molecular weight excluding hydrogens is 450 g/mol. The van der Waals surface area contributed by atoms with Crippen LogP contribution < -0.4 is 15.5 Å². The second kappa shape index (κ2) is 9.96. The van der Waals surface area contributed by atoms with E-state index in [4.69, 9.17) is 9.97 Å². The lowest BCUT2D eigenvalue weighted by molar-refractivity contribution is 0.324. The zero-order valence-corrected chi connectivity index (χ0v) is 20.2. The molecule has 0 amide bonds. The number of rotatable bonds is 7. The van der Waals surface area contributed by atoms with Crippen molar-refractivity contribution in [3.05, 3.63) is 58.1 Å². The van der Waals surface area contributed by atoms with Gasteiger partial charge in [0.05, 0.1) is 5.52 Å². The fraction of sp³-hybridized carbons (Fsp3) is 0.440. The molecule has 0 saturated heterocycles. The summed E-state index contributed by atoms with van der Waals surface area (Å²) < 4.78 is 1.18. The molecule has 0 unspecified atom stereocenters. The minimum atomic E-state index is 0.446. The van der Waals surface area contributed by atoms with Gasteiger partial charge < -0.3 is 15.5 Å². The predicted molar refractivity (Wildman–Crippen MR) is 134 cm³/mol. The summed E-state index contributed by atoms with van der Waals surface area (Å²) in [6, 6.07) is 15.2. The molecule has 5 nitrogen and oxygen atoms in total. The molecule has 1 heterocycles. The molecule has 31 heavy (non-hydrogen) atoms. The number of nitrogens with zero attached hydrogens (tertiary/aromatic N) is 3. The van der Waals surface area contributed by atoms with Crippen molar-refractivity contribution in [2.24, 2.45) is 5.92 Å². The van der Waals surface area contributed by atoms with E-state index in [1.807, 2.05) is 26.2 Å². The summed E-state index contributed by atoms with van der Waals surface area (Å²) in [6.45, 7) is 4.16. The number of aryl methyl sites for hydroxylation is 1. The lowest BCUT2D eigenvalue weighted by Crippen LogP contribution is -2.31. The van der Waals surface area contributed by atoms with Crippen LogP contribution in [0.4, 0.5) is 11.8 Å². The third-order valence-electron chi connectivity index (χ3n) is 6.17. The first kappa shape index (κ1) is 22.0. The summed E-state index contributed by atoms with van der Waals surface area (Å²) in [6.07, 6.45) is 4.80. The number of aromatic nitrogens is 2. The molecule has 0 spiro atoms. The molecule has 1 aliphatic carbocycles. The lowest BCUT2D eigenvalue weighted by atomic mass is 9.86. The van der Waals surface area contributed by atoms with Crippen LogP contribution >= 0.6 is 15.9 Å². The Kier molecular flexibility index (Phi) is 7.08. The molecule has 2 aromatic carbocycles. The van der Waals surface area contributed by atoms with Crippen molar-refractivity contribution in [3.8, 4) is 0 Å². The van der Waals surface area contributed by atoms with E-state index >= 15 is 0 Å². The summed E-state index contributed by atoms with van der Waals surface area (Å²) in [4.78, 5) is 11.6. The van der Waals surface area contributed by atoms with Gasteiger partial charge in [0, 0.05) is 36.5 Å². The Hall–Kier alpha value is -2.18. The number of fused-ring (bicyclic) bond motifs is 1. The first-order valence-electron chi connectivity index (χ1n) is 11.2. The standard InChI is InChI=1S/C25H32BrN5/c1-17-14-19(10-13-22(17)26)16-27-15-18-8-11-20(12-9-18)28-25-29-23-7-5-4-6-21(23)24(30-25)31(2)3/h4-7,10,13-14,18,20,27H,8-9,11-12,15-16H2,1-3H3,(H,28,29,30)/t18-,20+. The third-order valence-corrected chi connectivity index (χ3v) is 7.06. The van der Waals surface area contributed by atoms with Crippen molar-refractivity contribution in [1.29, 1.82) is 0 Å². The molecule has 0 radical (unpaired) electrons. The van der Waals surface area contributed by atoms with Crippen LogP contribution in [0, 0.1) is 12.8 Å². The minimum Gasteiger partial charge on any atom is -0.362 e. The number of para-hydroxylation sites is 1. The van der Waals surface area contributed by atoms with Gasteiger partial charge in [0.25, 0.3) is 0 Å². The van der Waals surface area contributed by atoms with E-state index in [1.165, 1.54) is 28.4 Å². The zero-order valence-electron chi connectivity index (χ0n) is 18.7. The van der Waals surface area contributed by atoms with Crippen molar-refractivity contribution >= 4 is 38.6 Å². The average Bonchev–Trinajstić information content (AvgIpc) is 2.77. The molecule has 6 heteroatoms. The molecule has 2 N–H and O–H groups in total. The Morgan fingerprint density at radius 3 is 2.55 bits per heavy atom. The van der Waals surface area contributed by atoms with Gasteiger partial charge in [-0.15, -0.1) is 0 Å². The molecule has 1 saturated carbocycles. The summed E-state index contributed by atoms with van der Waals surface area (Å²) >= 11 is 3.57. The summed E-state index contributed by atoms with van der Waals surface area (Å²) in [5.74, 6) is 2.45. The second-order valence-electron chi connectivity index (χ2n) is 8.86. The molecule has 1 aliphatic rings. The van der Waals surface area contributed by atoms with Crippen molar-refractivity contribution in [2.75, 3.05) is 30.9 Å². The molecule has 1 fully saturated rings. The van der Waals surface area contributed by atoms with Gasteiger partial charge in [-0.25, -0.2) is 4.98 Å². The highest BCUT2D eigenvalue weighted by molar-refractivity contribution is 9.10. The maximum atomic E-state index is 4.80. The fourth-order valence-electron chi connectivity index (χ4n) is 4.40. The van der Waals surface area contributed by atoms with Gasteiger partial charge in [-0.05, 0) is 74.4 Å². The Morgan fingerprint density at radius 2 is 1.81 bits per heavy atom. The van der Waals surface area contributed by atoms with E-state index in [2.05, 4.69) is 68.7 Å². The molecule has 164 valence electrons. The number of hydrogen-bond donors (Lipinski definition) is 2. The Balaban J connectivity index is 1.29. The third kappa shape index (κ3) is 5.55. The Labute approximate surface area is 193 Å². The number of hydrogen-bond acceptors (Lipinski definition) is 5. The number of halogens is 1. The predicted octanol–water partition coefficient (Wildman–Crippen LogP) is 5.53. The summed E-state index contributed by atoms with van der Waals surface area (Å²) in [5.41, 5.74) is 3.63. The van der Waals surface area contributed by atoms with Crippen LogP contribution in [-0.2, 0) is 6.54 Å². The Morgan fingerprint density at radius 1 is 1.03 bits per heavy atom. The van der Waals surface area contributed by atoms with Crippen molar-refractivity contribution in [1.82, 2.24) is 15.3 Å². The highest BCUT2D eigenvalue weighted by Crippen LogP contribution is 2.28. The van der Waals surface area contributed by atoms with Crippen LogP contribution in [0.3, 0.4) is 0 Å². The minimum absolute atomic E-state index is 0.446. The SMILES string of the molecule is Cc1cc(CNC[C@H]2CC[C@@H](Nc3nc(N(C)C)c4ccccc4n3)CC2)ccc1Br. The van der Waals surface area contributed by atoms with Gasteiger partial charge in [0.1, 0.15) is 5.82 Å². The monoisotopic (exact) mass is 481 g/mol. The van der Waals surface area contributed by atoms with E-state index < -0.39 is 0 Å². The first-order valence-corrected chi connectivity index (χ1v) is 12.0. The van der Waals surface area contributed by atoms with Crippen LogP contribution in [0.5, 0.6) is 0 Å². The van der Waals surface area contributed by atoms with Crippen LogP contribution in [0.15, 0.2) is 46.9 Å². The number of anilines is 2. The number of benzene rings is 2. The highest BCUT2D eigenvalue weighted by Gasteiger charge is 2.22. The lowest BCUT2D eigenvalue weighted by Gasteiger charge is -2.29. The van der Waals surface area contributed by atoms with Crippen LogP contribution in [0.1, 0.15) is 36.8 Å². The highest BCUT2D eigenvalue weighted by atomic mass is 79.9. The average molecular weight is 482 g/mol. The Bertz CT molecular complexity index is 1030. The molecule has 3 aromatic rings. The van der Waals surface area contributed by atoms with Crippen LogP contribution in [-0.4, -0.2) is 36.6 Å².